The van der Waals surface area contributed by atoms with Crippen molar-refractivity contribution in [3.63, 3.8) is 0 Å². The number of likely N-dealkylation sites (N-methyl/N-ethyl adjacent to an activating group) is 1. The average Bonchev–Trinajstić information content (AvgIpc) is 3.16. The largest absolute Gasteiger partial charge is 0.461 e. The number of nitrogens with zero attached hydrogens (tertiary/aromatic N) is 4. The number of carbonyl (C=O) groups is 1. The van der Waals surface area contributed by atoms with E-state index in [0.29, 0.717) is 42.1 Å². The first-order chi connectivity index (χ1) is 17.4. The molecule has 9 heteroatoms. The van der Waals surface area contributed by atoms with Crippen LogP contribution in [0.15, 0.2) is 40.3 Å². The third-order valence-electron chi connectivity index (χ3n) is 7.29. The number of aromatic nitrogens is 2. The molecule has 2 aromatic heterocycles. The predicted molar refractivity (Wildman–Crippen MR) is 136 cm³/mol. The van der Waals surface area contributed by atoms with Crippen LogP contribution in [0.25, 0.3) is 22.3 Å². The summed E-state index contributed by atoms with van der Waals surface area (Å²) in [5.74, 6) is -0.413. The lowest BCUT2D eigenvalue weighted by molar-refractivity contribution is -0.146. The van der Waals surface area contributed by atoms with Gasteiger partial charge in [-0.2, -0.15) is 0 Å². The number of hydrogen-bond acceptors (Lipinski definition) is 8. The van der Waals surface area contributed by atoms with Gasteiger partial charge in [-0.3, -0.25) is 9.59 Å². The molecule has 0 spiro atoms. The topological polar surface area (TPSA) is 106 Å². The Bertz CT molecular complexity index is 1420. The van der Waals surface area contributed by atoms with Gasteiger partial charge in [0.15, 0.2) is 0 Å². The van der Waals surface area contributed by atoms with E-state index >= 15 is 0 Å². The Morgan fingerprint density at radius 1 is 1.28 bits per heavy atom. The van der Waals surface area contributed by atoms with Gasteiger partial charge in [0.05, 0.1) is 48.3 Å². The van der Waals surface area contributed by atoms with Crippen molar-refractivity contribution in [1.82, 2.24) is 14.5 Å². The van der Waals surface area contributed by atoms with E-state index in [1.54, 1.807) is 10.8 Å². The molecule has 36 heavy (non-hydrogen) atoms. The van der Waals surface area contributed by atoms with Gasteiger partial charge >= 0.3 is 5.97 Å². The van der Waals surface area contributed by atoms with Gasteiger partial charge in [-0.1, -0.05) is 30.3 Å². The molecule has 1 unspecified atom stereocenters. The van der Waals surface area contributed by atoms with Gasteiger partial charge in [0.2, 0.25) is 0 Å². The Labute approximate surface area is 209 Å². The third-order valence-corrected chi connectivity index (χ3v) is 7.29. The van der Waals surface area contributed by atoms with Gasteiger partial charge in [-0.05, 0) is 38.2 Å². The minimum absolute atomic E-state index is 0.0239. The van der Waals surface area contributed by atoms with Crippen molar-refractivity contribution in [2.75, 3.05) is 33.9 Å². The molecule has 2 aliphatic rings. The van der Waals surface area contributed by atoms with Crippen molar-refractivity contribution < 1.29 is 19.5 Å². The molecular formula is C27H30N4O5. The number of cyclic esters (lactones) is 1. The van der Waals surface area contributed by atoms with Crippen molar-refractivity contribution >= 4 is 23.1 Å². The quantitative estimate of drug-likeness (QED) is 0.184. The lowest BCUT2D eigenvalue weighted by Gasteiger charge is -2.30. The number of rotatable bonds is 7. The first kappa shape index (κ1) is 24.1. The molecule has 5 rings (SSSR count). The number of carbonyl (C=O) groups excluding carboxylic acids is 1. The Kier molecular flexibility index (Phi) is 6.36. The smallest absolute Gasteiger partial charge is 0.307 e. The molecule has 0 amide bonds. The van der Waals surface area contributed by atoms with E-state index in [-0.39, 0.29) is 25.2 Å². The number of oxime groups is 1. The molecule has 3 aromatic rings. The summed E-state index contributed by atoms with van der Waals surface area (Å²) >= 11 is 0. The Hall–Kier alpha value is -3.56. The number of fused-ring (bicyclic) bond motifs is 5. The standard InChI is InChI=1S/C27H30N4O5/c1-4-27(16-32)12-24(33)35-15-20-21(27)11-23-25-19(14-31(23)26(20)34)18(13-28-36-10-9-30(2)3)17-7-5-6-8-22(17)29-25/h5-8,11,13,32H,4,9-10,12,14-16H2,1-3H3/b28-13+. The molecule has 0 bridgehead atoms. The lowest BCUT2D eigenvalue weighted by atomic mass is 9.74. The van der Waals surface area contributed by atoms with Crippen LogP contribution in [0.2, 0.25) is 0 Å². The Morgan fingerprint density at radius 3 is 2.83 bits per heavy atom. The number of esters is 1. The van der Waals surface area contributed by atoms with Gasteiger partial charge in [-0.15, -0.1) is 0 Å². The molecule has 0 saturated heterocycles. The zero-order valence-electron chi connectivity index (χ0n) is 20.8. The second kappa shape index (κ2) is 9.48. The molecule has 2 aliphatic heterocycles. The van der Waals surface area contributed by atoms with E-state index < -0.39 is 11.4 Å². The van der Waals surface area contributed by atoms with E-state index in [2.05, 4.69) is 5.16 Å². The number of aliphatic hydroxyl groups excluding tert-OH is 1. The molecule has 4 heterocycles. The van der Waals surface area contributed by atoms with E-state index in [4.69, 9.17) is 14.6 Å². The molecule has 188 valence electrons. The van der Waals surface area contributed by atoms with Gasteiger partial charge in [0.25, 0.3) is 5.56 Å². The van der Waals surface area contributed by atoms with Crippen molar-refractivity contribution in [3.8, 4) is 11.4 Å². The van der Waals surface area contributed by atoms with Crippen LogP contribution in [-0.4, -0.2) is 65.6 Å². The Morgan fingerprint density at radius 2 is 2.08 bits per heavy atom. The number of aliphatic hydroxyl groups is 1. The number of pyridine rings is 2. The van der Waals surface area contributed by atoms with Crippen LogP contribution in [0.1, 0.15) is 42.0 Å². The maximum atomic E-state index is 13.7. The van der Waals surface area contributed by atoms with Gasteiger partial charge in [0.1, 0.15) is 13.2 Å². The summed E-state index contributed by atoms with van der Waals surface area (Å²) in [5, 5.41) is 15.5. The highest BCUT2D eigenvalue weighted by Gasteiger charge is 2.40. The molecule has 1 aromatic carbocycles. The van der Waals surface area contributed by atoms with Gasteiger partial charge < -0.3 is 24.1 Å². The first-order valence-corrected chi connectivity index (χ1v) is 12.1. The summed E-state index contributed by atoms with van der Waals surface area (Å²) in [5.41, 5.74) is 3.87. The second-order valence-electron chi connectivity index (χ2n) is 9.68. The summed E-state index contributed by atoms with van der Waals surface area (Å²) in [6.45, 7) is 3.07. The first-order valence-electron chi connectivity index (χ1n) is 12.1. The molecule has 0 saturated carbocycles. The summed E-state index contributed by atoms with van der Waals surface area (Å²) < 4.78 is 7.04. The van der Waals surface area contributed by atoms with Crippen molar-refractivity contribution in [3.05, 3.63) is 62.9 Å². The van der Waals surface area contributed by atoms with E-state index in [0.717, 1.165) is 28.6 Å². The van der Waals surface area contributed by atoms with E-state index in [9.17, 15) is 14.7 Å². The maximum Gasteiger partial charge on any atom is 0.307 e. The summed E-state index contributed by atoms with van der Waals surface area (Å²) in [6, 6.07) is 9.70. The third kappa shape index (κ3) is 3.98. The Balaban J connectivity index is 1.67. The molecule has 9 nitrogen and oxygen atoms in total. The fourth-order valence-electron chi connectivity index (χ4n) is 5.12. The predicted octanol–water partition coefficient (Wildman–Crippen LogP) is 2.42. The minimum atomic E-state index is -0.873. The fraction of sp³-hybridized carbons (Fsp3) is 0.407. The minimum Gasteiger partial charge on any atom is -0.461 e. The second-order valence-corrected chi connectivity index (χ2v) is 9.68. The highest BCUT2D eigenvalue weighted by molar-refractivity contribution is 6.02. The van der Waals surface area contributed by atoms with Crippen LogP contribution < -0.4 is 5.56 Å². The molecular weight excluding hydrogens is 460 g/mol. The van der Waals surface area contributed by atoms with Crippen LogP contribution in [0.5, 0.6) is 0 Å². The molecule has 1 N–H and O–H groups in total. The summed E-state index contributed by atoms with van der Waals surface area (Å²) in [4.78, 5) is 38.5. The van der Waals surface area contributed by atoms with Crippen LogP contribution in [0.3, 0.4) is 0 Å². The van der Waals surface area contributed by atoms with Crippen LogP contribution in [0.4, 0.5) is 0 Å². The number of ether oxygens (including phenoxy) is 1. The van der Waals surface area contributed by atoms with Crippen LogP contribution in [-0.2, 0) is 32.9 Å². The number of para-hydroxylation sites is 1. The highest BCUT2D eigenvalue weighted by Crippen LogP contribution is 2.41. The normalized spacial score (nSPS) is 18.8. The number of hydrogen-bond donors (Lipinski definition) is 1. The lowest BCUT2D eigenvalue weighted by Crippen LogP contribution is -2.35. The van der Waals surface area contributed by atoms with E-state index in [1.807, 2.05) is 56.3 Å². The zero-order valence-corrected chi connectivity index (χ0v) is 20.8. The van der Waals surface area contributed by atoms with Gasteiger partial charge in [0, 0.05) is 28.5 Å². The van der Waals surface area contributed by atoms with Crippen molar-refractivity contribution in [2.24, 2.45) is 5.16 Å². The van der Waals surface area contributed by atoms with Gasteiger partial charge in [-0.25, -0.2) is 4.98 Å². The fourth-order valence-corrected chi connectivity index (χ4v) is 5.12. The molecule has 0 aliphatic carbocycles. The van der Waals surface area contributed by atoms with Crippen LogP contribution in [0, 0.1) is 0 Å². The SMILES string of the molecule is CCC1(CO)CC(=O)OCc2c1cc1n(c2=O)Cc2c-1nc1ccccc1c2/C=N/OCCN(C)C. The monoisotopic (exact) mass is 490 g/mol. The maximum absolute atomic E-state index is 13.7. The van der Waals surface area contributed by atoms with E-state index in [1.165, 1.54) is 0 Å². The van der Waals surface area contributed by atoms with Crippen molar-refractivity contribution in [1.29, 1.82) is 0 Å². The number of benzene rings is 1. The summed E-state index contributed by atoms with van der Waals surface area (Å²) in [6.07, 6.45) is 2.22. The molecule has 0 fully saturated rings. The zero-order chi connectivity index (χ0) is 25.4. The average molecular weight is 491 g/mol. The highest BCUT2D eigenvalue weighted by atomic mass is 16.6. The summed E-state index contributed by atoms with van der Waals surface area (Å²) in [7, 11) is 3.94. The molecule has 1 atom stereocenters. The molecule has 0 radical (unpaired) electrons. The van der Waals surface area contributed by atoms with Crippen LogP contribution >= 0.6 is 0 Å². The van der Waals surface area contributed by atoms with Crippen molar-refractivity contribution in [2.45, 2.75) is 38.3 Å².